The highest BCUT2D eigenvalue weighted by atomic mass is 15.2. The first kappa shape index (κ1) is 16.1. The number of nitrogens with one attached hydrogen (secondary N) is 1. The van der Waals surface area contributed by atoms with Gasteiger partial charge in [-0.05, 0) is 71.8 Å². The number of nitrogens with zero attached hydrogens (tertiary/aromatic N) is 3. The van der Waals surface area contributed by atoms with Crippen molar-refractivity contribution >= 4 is 11.6 Å². The Morgan fingerprint density at radius 1 is 1.29 bits per heavy atom. The third kappa shape index (κ3) is 5.20. The van der Waals surface area contributed by atoms with Gasteiger partial charge in [-0.2, -0.15) is 0 Å². The van der Waals surface area contributed by atoms with Gasteiger partial charge in [0, 0.05) is 19.1 Å². The third-order valence-electron chi connectivity index (χ3n) is 4.00. The van der Waals surface area contributed by atoms with Crippen LogP contribution in [0.4, 0.5) is 11.6 Å². The minimum atomic E-state index is 0.0398. The number of rotatable bonds is 4. The van der Waals surface area contributed by atoms with Crippen molar-refractivity contribution in [3.63, 3.8) is 0 Å². The molecule has 0 bridgehead atoms. The van der Waals surface area contributed by atoms with E-state index in [1.54, 1.807) is 0 Å². The van der Waals surface area contributed by atoms with Crippen molar-refractivity contribution < 1.29 is 0 Å². The van der Waals surface area contributed by atoms with Gasteiger partial charge in [0.1, 0.15) is 11.6 Å². The zero-order valence-electron chi connectivity index (χ0n) is 14.2. The van der Waals surface area contributed by atoms with Crippen LogP contribution < -0.4 is 10.2 Å². The quantitative estimate of drug-likeness (QED) is 0.923. The molecule has 0 aromatic carbocycles. The van der Waals surface area contributed by atoms with Crippen molar-refractivity contribution in [2.45, 2.75) is 39.2 Å². The van der Waals surface area contributed by atoms with Gasteiger partial charge in [-0.15, -0.1) is 0 Å². The normalized spacial score (nSPS) is 17.8. The molecule has 1 aromatic rings. The summed E-state index contributed by atoms with van der Waals surface area (Å²) in [5.74, 6) is 2.80. The van der Waals surface area contributed by atoms with E-state index in [0.29, 0.717) is 0 Å². The molecule has 0 saturated carbocycles. The number of anilines is 2. The Hall–Kier alpha value is -1.29. The molecule has 1 aliphatic heterocycles. The summed E-state index contributed by atoms with van der Waals surface area (Å²) in [5.41, 5.74) is 0.0398. The number of aromatic nitrogens is 1. The zero-order valence-corrected chi connectivity index (χ0v) is 14.2. The molecule has 21 heavy (non-hydrogen) atoms. The van der Waals surface area contributed by atoms with Crippen molar-refractivity contribution in [1.29, 1.82) is 0 Å². The van der Waals surface area contributed by atoms with E-state index in [0.717, 1.165) is 24.1 Å². The number of hydrogen-bond donors (Lipinski definition) is 1. The highest BCUT2D eigenvalue weighted by Gasteiger charge is 2.19. The van der Waals surface area contributed by atoms with E-state index in [1.807, 2.05) is 6.07 Å². The van der Waals surface area contributed by atoms with E-state index in [2.05, 4.69) is 62.1 Å². The van der Waals surface area contributed by atoms with E-state index < -0.39 is 0 Å². The molecule has 118 valence electrons. The van der Waals surface area contributed by atoms with Crippen molar-refractivity contribution in [2.75, 3.05) is 43.9 Å². The van der Waals surface area contributed by atoms with Crippen molar-refractivity contribution in [3.8, 4) is 0 Å². The summed E-state index contributed by atoms with van der Waals surface area (Å²) >= 11 is 0. The molecule has 1 fully saturated rings. The van der Waals surface area contributed by atoms with Gasteiger partial charge in [-0.3, -0.25) is 0 Å². The monoisotopic (exact) mass is 290 g/mol. The summed E-state index contributed by atoms with van der Waals surface area (Å²) < 4.78 is 0. The number of pyridine rings is 1. The SMILES string of the molecule is CN1CCC(CN(C)c2cccc(NC(C)(C)C)n2)CC1. The van der Waals surface area contributed by atoms with Crippen LogP contribution in [0.25, 0.3) is 0 Å². The minimum absolute atomic E-state index is 0.0398. The Morgan fingerprint density at radius 3 is 2.57 bits per heavy atom. The Balaban J connectivity index is 1.95. The average molecular weight is 290 g/mol. The molecule has 0 atom stereocenters. The predicted octanol–water partition coefficient (Wildman–Crippen LogP) is 3.07. The van der Waals surface area contributed by atoms with Crippen LogP contribution >= 0.6 is 0 Å². The lowest BCUT2D eigenvalue weighted by atomic mass is 9.97. The van der Waals surface area contributed by atoms with Crippen molar-refractivity contribution in [3.05, 3.63) is 18.2 Å². The number of hydrogen-bond acceptors (Lipinski definition) is 4. The van der Waals surface area contributed by atoms with Gasteiger partial charge in [0.2, 0.25) is 0 Å². The molecule has 2 rings (SSSR count). The Labute approximate surface area is 129 Å². The van der Waals surface area contributed by atoms with Crippen molar-refractivity contribution in [1.82, 2.24) is 9.88 Å². The lowest BCUT2D eigenvalue weighted by molar-refractivity contribution is 0.222. The van der Waals surface area contributed by atoms with E-state index in [4.69, 9.17) is 4.98 Å². The van der Waals surface area contributed by atoms with E-state index >= 15 is 0 Å². The van der Waals surface area contributed by atoms with Crippen LogP contribution in [0.15, 0.2) is 18.2 Å². The van der Waals surface area contributed by atoms with Crippen LogP contribution in [0.1, 0.15) is 33.6 Å². The van der Waals surface area contributed by atoms with Crippen LogP contribution in [-0.4, -0.2) is 49.2 Å². The number of piperidine rings is 1. The fraction of sp³-hybridized carbons (Fsp3) is 0.706. The molecule has 0 amide bonds. The molecule has 4 heteroatoms. The molecule has 1 aliphatic rings. The van der Waals surface area contributed by atoms with Crippen LogP contribution in [0, 0.1) is 5.92 Å². The first-order chi connectivity index (χ1) is 9.83. The first-order valence-electron chi connectivity index (χ1n) is 7.98. The molecular weight excluding hydrogens is 260 g/mol. The van der Waals surface area contributed by atoms with Crippen LogP contribution in [-0.2, 0) is 0 Å². The highest BCUT2D eigenvalue weighted by molar-refractivity contribution is 5.47. The van der Waals surface area contributed by atoms with Gasteiger partial charge in [-0.1, -0.05) is 6.07 Å². The summed E-state index contributed by atoms with van der Waals surface area (Å²) in [4.78, 5) is 9.46. The van der Waals surface area contributed by atoms with Crippen LogP contribution in [0.3, 0.4) is 0 Å². The average Bonchev–Trinajstić information content (AvgIpc) is 2.40. The van der Waals surface area contributed by atoms with Gasteiger partial charge in [0.05, 0.1) is 0 Å². The van der Waals surface area contributed by atoms with E-state index in [9.17, 15) is 0 Å². The van der Waals surface area contributed by atoms with E-state index in [1.165, 1.54) is 25.9 Å². The Morgan fingerprint density at radius 2 is 1.95 bits per heavy atom. The lowest BCUT2D eigenvalue weighted by Gasteiger charge is -2.32. The summed E-state index contributed by atoms with van der Waals surface area (Å²) in [6.45, 7) is 10.0. The topological polar surface area (TPSA) is 31.4 Å². The zero-order chi connectivity index (χ0) is 15.5. The second-order valence-corrected chi connectivity index (χ2v) is 7.38. The molecule has 0 spiro atoms. The maximum Gasteiger partial charge on any atom is 0.130 e. The Bertz CT molecular complexity index is 444. The van der Waals surface area contributed by atoms with Gasteiger partial charge in [0.15, 0.2) is 0 Å². The molecule has 4 nitrogen and oxygen atoms in total. The standard InChI is InChI=1S/C17H30N4/c1-17(2,3)19-15-7-6-8-16(18-15)21(5)13-14-9-11-20(4)12-10-14/h6-8,14H,9-13H2,1-5H3,(H,18,19). The fourth-order valence-electron chi connectivity index (χ4n) is 2.82. The summed E-state index contributed by atoms with van der Waals surface area (Å²) in [6, 6.07) is 6.22. The first-order valence-corrected chi connectivity index (χ1v) is 7.98. The predicted molar refractivity (Wildman–Crippen MR) is 91.1 cm³/mol. The maximum absolute atomic E-state index is 4.74. The van der Waals surface area contributed by atoms with Crippen molar-refractivity contribution in [2.24, 2.45) is 5.92 Å². The third-order valence-corrected chi connectivity index (χ3v) is 4.00. The van der Waals surface area contributed by atoms with Gasteiger partial charge < -0.3 is 15.1 Å². The highest BCUT2D eigenvalue weighted by Crippen LogP contribution is 2.21. The number of likely N-dealkylation sites (tertiary alicyclic amines) is 1. The minimum Gasteiger partial charge on any atom is -0.365 e. The summed E-state index contributed by atoms with van der Waals surface area (Å²) in [6.07, 6.45) is 2.58. The fourth-order valence-corrected chi connectivity index (χ4v) is 2.82. The molecule has 1 saturated heterocycles. The van der Waals surface area contributed by atoms with E-state index in [-0.39, 0.29) is 5.54 Å². The second kappa shape index (κ2) is 6.65. The lowest BCUT2D eigenvalue weighted by Crippen LogP contribution is -2.36. The van der Waals surface area contributed by atoms with Crippen LogP contribution in [0.2, 0.25) is 0 Å². The molecule has 0 aliphatic carbocycles. The maximum atomic E-state index is 4.74. The second-order valence-electron chi connectivity index (χ2n) is 7.38. The van der Waals surface area contributed by atoms with Gasteiger partial charge in [0.25, 0.3) is 0 Å². The molecule has 1 N–H and O–H groups in total. The summed E-state index contributed by atoms with van der Waals surface area (Å²) in [7, 11) is 4.37. The summed E-state index contributed by atoms with van der Waals surface area (Å²) in [5, 5.41) is 3.44. The molecule has 2 heterocycles. The Kier molecular flexibility index (Phi) is 5.09. The van der Waals surface area contributed by atoms with Gasteiger partial charge in [-0.25, -0.2) is 4.98 Å². The molecule has 0 unspecified atom stereocenters. The molecule has 0 radical (unpaired) electrons. The molecule has 1 aromatic heterocycles. The largest absolute Gasteiger partial charge is 0.365 e. The smallest absolute Gasteiger partial charge is 0.130 e. The van der Waals surface area contributed by atoms with Crippen LogP contribution in [0.5, 0.6) is 0 Å². The van der Waals surface area contributed by atoms with Gasteiger partial charge >= 0.3 is 0 Å². The molecular formula is C17H30N4.